The Morgan fingerprint density at radius 2 is 2.14 bits per heavy atom. The first-order valence-electron chi connectivity index (χ1n) is 6.58. The number of amides is 1. The lowest BCUT2D eigenvalue weighted by molar-refractivity contribution is 0.0938. The standard InChI is InChI=1S/C15H14N4O2/c1-9-3-4-11-7-12(5-6-13(11)17-9)15(20)18-10(2)14-16-8-21-19-14/h3-8,10H,1-2H3,(H,18,20)/t10-/m0/s1. The summed E-state index contributed by atoms with van der Waals surface area (Å²) >= 11 is 0. The number of nitrogens with one attached hydrogen (secondary N) is 1. The van der Waals surface area contributed by atoms with Crippen LogP contribution in [0.4, 0.5) is 0 Å². The van der Waals surface area contributed by atoms with Crippen molar-refractivity contribution in [2.24, 2.45) is 0 Å². The lowest BCUT2D eigenvalue weighted by atomic mass is 10.1. The van der Waals surface area contributed by atoms with E-state index in [0.717, 1.165) is 16.6 Å². The van der Waals surface area contributed by atoms with Gasteiger partial charge in [-0.3, -0.25) is 9.78 Å². The molecule has 0 radical (unpaired) electrons. The molecule has 2 heterocycles. The molecule has 0 bridgehead atoms. The van der Waals surface area contributed by atoms with Crippen molar-refractivity contribution in [1.82, 2.24) is 20.4 Å². The minimum atomic E-state index is -0.317. The van der Waals surface area contributed by atoms with Crippen LogP contribution in [0.3, 0.4) is 0 Å². The maximum absolute atomic E-state index is 12.2. The summed E-state index contributed by atoms with van der Waals surface area (Å²) in [5.74, 6) is 0.260. The second-order valence-corrected chi connectivity index (χ2v) is 4.84. The number of pyridine rings is 1. The molecule has 0 spiro atoms. The number of carbonyl (C=O) groups is 1. The number of aromatic nitrogens is 3. The number of nitrogens with zero attached hydrogens (tertiary/aromatic N) is 3. The number of aryl methyl sites for hydroxylation is 1. The predicted molar refractivity (Wildman–Crippen MR) is 76.7 cm³/mol. The van der Waals surface area contributed by atoms with E-state index in [4.69, 9.17) is 0 Å². The van der Waals surface area contributed by atoms with Gasteiger partial charge in [-0.1, -0.05) is 11.2 Å². The molecule has 6 heteroatoms. The second-order valence-electron chi connectivity index (χ2n) is 4.84. The maximum atomic E-state index is 12.2. The van der Waals surface area contributed by atoms with Gasteiger partial charge < -0.3 is 9.84 Å². The number of rotatable bonds is 3. The number of fused-ring (bicyclic) bond motifs is 1. The van der Waals surface area contributed by atoms with Gasteiger partial charge in [0.05, 0.1) is 11.6 Å². The van der Waals surface area contributed by atoms with E-state index in [0.29, 0.717) is 11.4 Å². The van der Waals surface area contributed by atoms with Crippen LogP contribution in [-0.4, -0.2) is 21.0 Å². The first kappa shape index (κ1) is 13.2. The summed E-state index contributed by atoms with van der Waals surface area (Å²) < 4.78 is 4.67. The Hall–Kier alpha value is -2.76. The molecule has 0 saturated heterocycles. The highest BCUT2D eigenvalue weighted by Gasteiger charge is 2.15. The molecule has 0 aliphatic heterocycles. The van der Waals surface area contributed by atoms with Gasteiger partial charge in [0.1, 0.15) is 0 Å². The summed E-state index contributed by atoms with van der Waals surface area (Å²) in [6.45, 7) is 3.74. The van der Waals surface area contributed by atoms with Crippen LogP contribution < -0.4 is 5.32 Å². The van der Waals surface area contributed by atoms with Crippen molar-refractivity contribution in [2.75, 3.05) is 0 Å². The monoisotopic (exact) mass is 282 g/mol. The van der Waals surface area contributed by atoms with Crippen LogP contribution >= 0.6 is 0 Å². The van der Waals surface area contributed by atoms with Crippen molar-refractivity contribution in [1.29, 1.82) is 0 Å². The van der Waals surface area contributed by atoms with E-state index in [2.05, 4.69) is 25.0 Å². The number of hydrogen-bond acceptors (Lipinski definition) is 5. The Labute approximate surface area is 121 Å². The Balaban J connectivity index is 1.83. The molecule has 0 unspecified atom stereocenters. The van der Waals surface area contributed by atoms with E-state index in [9.17, 15) is 4.79 Å². The van der Waals surface area contributed by atoms with E-state index in [1.54, 1.807) is 13.0 Å². The van der Waals surface area contributed by atoms with Crippen molar-refractivity contribution < 1.29 is 9.32 Å². The van der Waals surface area contributed by atoms with E-state index >= 15 is 0 Å². The molecule has 3 rings (SSSR count). The molecule has 0 aliphatic rings. The van der Waals surface area contributed by atoms with Crippen LogP contribution in [-0.2, 0) is 0 Å². The number of benzene rings is 1. The Bertz CT molecular complexity index is 783. The third kappa shape index (κ3) is 2.74. The Morgan fingerprint density at radius 1 is 1.29 bits per heavy atom. The van der Waals surface area contributed by atoms with Gasteiger partial charge >= 0.3 is 0 Å². The largest absolute Gasteiger partial charge is 0.343 e. The molecule has 0 saturated carbocycles. The summed E-state index contributed by atoms with van der Waals surface area (Å²) in [6, 6.07) is 8.98. The summed E-state index contributed by atoms with van der Waals surface area (Å²) in [5, 5.41) is 7.47. The molecule has 2 aromatic heterocycles. The van der Waals surface area contributed by atoms with Crippen molar-refractivity contribution in [3.8, 4) is 0 Å². The molecule has 0 aliphatic carbocycles. The normalized spacial score (nSPS) is 12.3. The molecule has 3 aromatic rings. The molecule has 21 heavy (non-hydrogen) atoms. The molecule has 106 valence electrons. The molecular weight excluding hydrogens is 268 g/mol. The van der Waals surface area contributed by atoms with Gasteiger partial charge in [0.25, 0.3) is 5.91 Å². The molecule has 1 aromatic carbocycles. The highest BCUT2D eigenvalue weighted by Crippen LogP contribution is 2.16. The fraction of sp³-hybridized carbons (Fsp3) is 0.200. The second kappa shape index (κ2) is 5.32. The summed E-state index contributed by atoms with van der Waals surface area (Å²) in [5.41, 5.74) is 2.40. The molecule has 1 amide bonds. The summed E-state index contributed by atoms with van der Waals surface area (Å²) in [6.07, 6.45) is 1.24. The van der Waals surface area contributed by atoms with Crippen LogP contribution in [0.5, 0.6) is 0 Å². The van der Waals surface area contributed by atoms with Crippen LogP contribution in [0.1, 0.15) is 34.8 Å². The SMILES string of the molecule is Cc1ccc2cc(C(=O)N[C@@H](C)c3ncon3)ccc2n1. The van der Waals surface area contributed by atoms with Gasteiger partial charge in [-0.25, -0.2) is 0 Å². The first-order chi connectivity index (χ1) is 10.1. The van der Waals surface area contributed by atoms with Crippen LogP contribution in [0.2, 0.25) is 0 Å². The van der Waals surface area contributed by atoms with E-state index in [1.807, 2.05) is 31.2 Å². The lowest BCUT2D eigenvalue weighted by Crippen LogP contribution is -2.27. The van der Waals surface area contributed by atoms with Gasteiger partial charge in [0.2, 0.25) is 6.39 Å². The molecule has 6 nitrogen and oxygen atoms in total. The van der Waals surface area contributed by atoms with Crippen LogP contribution in [0, 0.1) is 6.92 Å². The number of carbonyl (C=O) groups excluding carboxylic acids is 1. The Kier molecular flexibility index (Phi) is 3.35. The van der Waals surface area contributed by atoms with Crippen LogP contribution in [0.25, 0.3) is 10.9 Å². The quantitative estimate of drug-likeness (QED) is 0.797. The number of hydrogen-bond donors (Lipinski definition) is 1. The predicted octanol–water partition coefficient (Wildman–Crippen LogP) is 2.42. The zero-order valence-electron chi connectivity index (χ0n) is 11.7. The van der Waals surface area contributed by atoms with E-state index < -0.39 is 0 Å². The Morgan fingerprint density at radius 3 is 2.90 bits per heavy atom. The third-order valence-corrected chi connectivity index (χ3v) is 3.20. The fourth-order valence-electron chi connectivity index (χ4n) is 2.08. The smallest absolute Gasteiger partial charge is 0.251 e. The van der Waals surface area contributed by atoms with Gasteiger partial charge in [0, 0.05) is 16.6 Å². The molecule has 1 N–H and O–H groups in total. The summed E-state index contributed by atoms with van der Waals surface area (Å²) in [4.78, 5) is 20.6. The minimum Gasteiger partial charge on any atom is -0.343 e. The minimum absolute atomic E-state index is 0.185. The fourth-order valence-corrected chi connectivity index (χ4v) is 2.08. The third-order valence-electron chi connectivity index (χ3n) is 3.20. The molecule has 0 fully saturated rings. The maximum Gasteiger partial charge on any atom is 0.251 e. The first-order valence-corrected chi connectivity index (χ1v) is 6.58. The van der Waals surface area contributed by atoms with Crippen molar-refractivity contribution in [2.45, 2.75) is 19.9 Å². The highest BCUT2D eigenvalue weighted by molar-refractivity contribution is 5.98. The zero-order chi connectivity index (χ0) is 14.8. The van der Waals surface area contributed by atoms with Gasteiger partial charge in [-0.15, -0.1) is 0 Å². The van der Waals surface area contributed by atoms with Crippen molar-refractivity contribution >= 4 is 16.8 Å². The van der Waals surface area contributed by atoms with Gasteiger partial charge in [-0.05, 0) is 38.1 Å². The highest BCUT2D eigenvalue weighted by atomic mass is 16.5. The average Bonchev–Trinajstić information content (AvgIpc) is 3.01. The van der Waals surface area contributed by atoms with Gasteiger partial charge in [0.15, 0.2) is 5.82 Å². The average molecular weight is 282 g/mol. The molecular formula is C15H14N4O2. The van der Waals surface area contributed by atoms with Gasteiger partial charge in [-0.2, -0.15) is 4.98 Å². The van der Waals surface area contributed by atoms with Crippen molar-refractivity contribution in [3.05, 3.63) is 53.8 Å². The topological polar surface area (TPSA) is 80.9 Å². The van der Waals surface area contributed by atoms with Crippen molar-refractivity contribution in [3.63, 3.8) is 0 Å². The van der Waals surface area contributed by atoms with E-state index in [-0.39, 0.29) is 11.9 Å². The molecule has 1 atom stereocenters. The van der Waals surface area contributed by atoms with Crippen LogP contribution in [0.15, 0.2) is 41.2 Å². The zero-order valence-corrected chi connectivity index (χ0v) is 11.7. The van der Waals surface area contributed by atoms with E-state index in [1.165, 1.54) is 6.39 Å². The summed E-state index contributed by atoms with van der Waals surface area (Å²) in [7, 11) is 0. The lowest BCUT2D eigenvalue weighted by Gasteiger charge is -2.10.